The van der Waals surface area contributed by atoms with Gasteiger partial charge in [0.15, 0.2) is 0 Å². The number of ether oxygens (including phenoxy) is 1. The fraction of sp³-hybridized carbons (Fsp3) is 0.0690. The van der Waals surface area contributed by atoms with E-state index in [0.29, 0.717) is 17.0 Å². The first-order valence-corrected chi connectivity index (χ1v) is 13.0. The lowest BCUT2D eigenvalue weighted by Gasteiger charge is -2.27. The molecule has 4 amide bonds. The monoisotopic (exact) mass is 618 g/mol. The maximum absolute atomic E-state index is 13.5. The van der Waals surface area contributed by atoms with Crippen LogP contribution in [0.1, 0.15) is 16.7 Å². The van der Waals surface area contributed by atoms with Crippen molar-refractivity contribution in [3.8, 4) is 5.75 Å². The minimum atomic E-state index is -0.794. The molecule has 0 spiro atoms. The number of urea groups is 1. The average molecular weight is 620 g/mol. The van der Waals surface area contributed by atoms with Crippen molar-refractivity contribution in [3.05, 3.63) is 110 Å². The van der Waals surface area contributed by atoms with E-state index in [-0.39, 0.29) is 12.2 Å². The normalized spacial score (nSPS) is 14.8. The highest BCUT2D eigenvalue weighted by molar-refractivity contribution is 9.10. The number of nitrogens with zero attached hydrogens (tertiary/aromatic N) is 1. The number of hydrogen-bond donors (Lipinski definition) is 1. The molecule has 4 aromatic carbocycles. The molecular weight excluding hydrogens is 600 g/mol. The number of halogens is 2. The van der Waals surface area contributed by atoms with Gasteiger partial charge in [-0.1, -0.05) is 80.4 Å². The molecule has 6 nitrogen and oxygen atoms in total. The van der Waals surface area contributed by atoms with Crippen molar-refractivity contribution in [1.82, 2.24) is 5.32 Å². The Morgan fingerprint density at radius 3 is 2.43 bits per heavy atom. The van der Waals surface area contributed by atoms with Gasteiger partial charge in [-0.05, 0) is 59.7 Å². The number of rotatable bonds is 5. The second-order valence-corrected chi connectivity index (χ2v) is 10.2. The highest BCUT2D eigenvalue weighted by Crippen LogP contribution is 2.33. The molecule has 1 saturated heterocycles. The maximum atomic E-state index is 13.5. The van der Waals surface area contributed by atoms with Crippen molar-refractivity contribution >= 4 is 72.2 Å². The van der Waals surface area contributed by atoms with E-state index in [0.717, 1.165) is 35.7 Å². The van der Waals surface area contributed by atoms with Gasteiger partial charge in [-0.3, -0.25) is 14.9 Å². The van der Waals surface area contributed by atoms with Crippen LogP contribution in [0, 0.1) is 6.92 Å². The van der Waals surface area contributed by atoms with Gasteiger partial charge >= 0.3 is 6.03 Å². The molecule has 8 heteroatoms. The Morgan fingerprint density at radius 1 is 0.892 bits per heavy atom. The first-order chi connectivity index (χ1) is 17.8. The molecule has 0 bridgehead atoms. The second kappa shape index (κ2) is 10.3. The van der Waals surface area contributed by atoms with Crippen LogP contribution in [-0.4, -0.2) is 17.8 Å². The molecule has 0 unspecified atom stereocenters. The van der Waals surface area contributed by atoms with E-state index in [1.54, 1.807) is 18.2 Å². The van der Waals surface area contributed by atoms with E-state index < -0.39 is 17.8 Å². The Bertz CT molecular complexity index is 1610. The highest BCUT2D eigenvalue weighted by atomic mass is 79.9. The molecular formula is C29H20Br2N2O4. The fourth-order valence-corrected chi connectivity index (χ4v) is 4.77. The van der Waals surface area contributed by atoms with Gasteiger partial charge in [0.05, 0.1) is 5.69 Å². The maximum Gasteiger partial charge on any atom is 0.335 e. The lowest BCUT2D eigenvalue weighted by atomic mass is 9.99. The average Bonchev–Trinajstić information content (AvgIpc) is 2.88. The number of fused-ring (bicyclic) bond motifs is 1. The number of imide groups is 2. The summed E-state index contributed by atoms with van der Waals surface area (Å²) < 4.78 is 7.94. The highest BCUT2D eigenvalue weighted by Gasteiger charge is 2.37. The number of anilines is 1. The van der Waals surface area contributed by atoms with E-state index in [2.05, 4.69) is 37.2 Å². The molecule has 1 N–H and O–H groups in total. The first kappa shape index (κ1) is 24.9. The second-order valence-electron chi connectivity index (χ2n) is 8.47. The van der Waals surface area contributed by atoms with Crippen molar-refractivity contribution in [3.63, 3.8) is 0 Å². The molecule has 1 fully saturated rings. The third-order valence-corrected chi connectivity index (χ3v) is 7.73. The molecule has 1 aliphatic rings. The molecule has 4 aromatic rings. The van der Waals surface area contributed by atoms with E-state index in [1.165, 1.54) is 6.08 Å². The van der Waals surface area contributed by atoms with Crippen LogP contribution in [0.25, 0.3) is 16.8 Å². The van der Waals surface area contributed by atoms with Gasteiger partial charge in [-0.15, -0.1) is 0 Å². The summed E-state index contributed by atoms with van der Waals surface area (Å²) in [6.07, 6.45) is 1.50. The smallest absolute Gasteiger partial charge is 0.335 e. The topological polar surface area (TPSA) is 75.7 Å². The summed E-state index contributed by atoms with van der Waals surface area (Å²) in [6.45, 7) is 2.13. The predicted octanol–water partition coefficient (Wildman–Crippen LogP) is 6.92. The van der Waals surface area contributed by atoms with Gasteiger partial charge in [0.2, 0.25) is 0 Å². The van der Waals surface area contributed by atoms with Crippen molar-refractivity contribution in [1.29, 1.82) is 0 Å². The Balaban J connectivity index is 1.59. The minimum Gasteiger partial charge on any atom is -0.488 e. The van der Waals surface area contributed by atoms with Crippen LogP contribution in [0.2, 0.25) is 0 Å². The number of aryl methyl sites for hydroxylation is 1. The number of hydrogen-bond acceptors (Lipinski definition) is 4. The summed E-state index contributed by atoms with van der Waals surface area (Å²) in [5, 5.41) is 4.02. The Labute approximate surface area is 230 Å². The molecule has 1 aliphatic heterocycles. The molecule has 1 heterocycles. The number of amides is 4. The molecule has 184 valence electrons. The van der Waals surface area contributed by atoms with E-state index >= 15 is 0 Å². The summed E-state index contributed by atoms with van der Waals surface area (Å²) in [4.78, 5) is 40.1. The Kier molecular flexibility index (Phi) is 6.95. The lowest BCUT2D eigenvalue weighted by Crippen LogP contribution is -2.54. The van der Waals surface area contributed by atoms with Crippen LogP contribution < -0.4 is 15.0 Å². The largest absolute Gasteiger partial charge is 0.488 e. The predicted molar refractivity (Wildman–Crippen MR) is 150 cm³/mol. The number of nitrogens with one attached hydrogen (secondary N) is 1. The number of carbonyl (C=O) groups is 3. The Hall–Kier alpha value is -3.75. The summed E-state index contributed by atoms with van der Waals surface area (Å²) >= 11 is 6.97. The summed E-state index contributed by atoms with van der Waals surface area (Å²) in [7, 11) is 0. The zero-order valence-corrected chi connectivity index (χ0v) is 22.8. The zero-order valence-electron chi connectivity index (χ0n) is 19.6. The third kappa shape index (κ3) is 4.95. The van der Waals surface area contributed by atoms with Crippen LogP contribution in [0.15, 0.2) is 93.4 Å². The van der Waals surface area contributed by atoms with E-state index in [9.17, 15) is 14.4 Å². The molecule has 0 radical (unpaired) electrons. The molecule has 0 saturated carbocycles. The van der Waals surface area contributed by atoms with Crippen molar-refractivity contribution < 1.29 is 19.1 Å². The van der Waals surface area contributed by atoms with Crippen molar-refractivity contribution in [2.45, 2.75) is 13.5 Å². The molecule has 37 heavy (non-hydrogen) atoms. The summed E-state index contributed by atoms with van der Waals surface area (Å²) in [6, 6.07) is 23.4. The molecule has 0 aromatic heterocycles. The standard InChI is InChI=1S/C29H20Br2N2O4/c1-17-14-20(11-12-24(17)30)33-28(35)23(27(34)32-29(33)36)15-22-21-8-4-2-6-18(21)10-13-26(22)37-16-19-7-3-5-9-25(19)31/h2-15H,16H2,1H3,(H,32,34,36)/b23-15-. The van der Waals surface area contributed by atoms with Crippen LogP contribution in [0.3, 0.4) is 0 Å². The summed E-state index contributed by atoms with van der Waals surface area (Å²) in [5.41, 5.74) is 2.57. The SMILES string of the molecule is Cc1cc(N2C(=O)NC(=O)/C(=C/c3c(OCc4ccccc4Br)ccc4ccccc34)C2=O)ccc1Br. The van der Waals surface area contributed by atoms with Gasteiger partial charge in [0.25, 0.3) is 11.8 Å². The Morgan fingerprint density at radius 2 is 1.65 bits per heavy atom. The van der Waals surface area contributed by atoms with Crippen LogP contribution in [0.4, 0.5) is 10.5 Å². The van der Waals surface area contributed by atoms with Crippen molar-refractivity contribution in [2.75, 3.05) is 4.90 Å². The lowest BCUT2D eigenvalue weighted by molar-refractivity contribution is -0.122. The van der Waals surface area contributed by atoms with E-state index in [1.807, 2.05) is 67.6 Å². The number of carbonyl (C=O) groups excluding carboxylic acids is 3. The fourth-order valence-electron chi connectivity index (χ4n) is 4.13. The molecule has 0 atom stereocenters. The van der Waals surface area contributed by atoms with Crippen LogP contribution >= 0.6 is 31.9 Å². The third-order valence-electron chi connectivity index (χ3n) is 6.06. The van der Waals surface area contributed by atoms with Crippen molar-refractivity contribution in [2.24, 2.45) is 0 Å². The van der Waals surface area contributed by atoms with Gasteiger partial charge in [-0.25, -0.2) is 9.69 Å². The summed E-state index contributed by atoms with van der Waals surface area (Å²) in [5.74, 6) is -0.963. The number of barbiturate groups is 1. The minimum absolute atomic E-state index is 0.165. The van der Waals surface area contributed by atoms with Gasteiger partial charge < -0.3 is 4.74 Å². The van der Waals surface area contributed by atoms with E-state index in [4.69, 9.17) is 4.74 Å². The zero-order chi connectivity index (χ0) is 26.1. The molecule has 5 rings (SSSR count). The first-order valence-electron chi connectivity index (χ1n) is 11.4. The molecule has 0 aliphatic carbocycles. The number of benzene rings is 4. The van der Waals surface area contributed by atoms with Gasteiger partial charge in [-0.2, -0.15) is 0 Å². The van der Waals surface area contributed by atoms with Crippen LogP contribution in [-0.2, 0) is 16.2 Å². The van der Waals surface area contributed by atoms with Crippen LogP contribution in [0.5, 0.6) is 5.75 Å². The van der Waals surface area contributed by atoms with Gasteiger partial charge in [0.1, 0.15) is 17.9 Å². The van der Waals surface area contributed by atoms with Gasteiger partial charge in [0, 0.05) is 20.1 Å². The quantitative estimate of drug-likeness (QED) is 0.194.